The average molecular weight is 258 g/mol. The minimum atomic E-state index is -0.0135. The summed E-state index contributed by atoms with van der Waals surface area (Å²) in [5, 5.41) is 0. The van der Waals surface area contributed by atoms with Gasteiger partial charge in [-0.3, -0.25) is 4.79 Å². The van der Waals surface area contributed by atoms with Crippen LogP contribution >= 0.6 is 15.9 Å². The van der Waals surface area contributed by atoms with Gasteiger partial charge < -0.3 is 10.5 Å². The van der Waals surface area contributed by atoms with Gasteiger partial charge in [0.2, 0.25) is 0 Å². The Kier molecular flexibility index (Phi) is 3.52. The fraction of sp³-hybridized carbons (Fsp3) is 0.300. The van der Waals surface area contributed by atoms with Crippen molar-refractivity contribution in [1.29, 1.82) is 0 Å². The molecule has 0 aliphatic rings. The zero-order valence-corrected chi connectivity index (χ0v) is 9.72. The van der Waals surface area contributed by atoms with Gasteiger partial charge in [-0.1, -0.05) is 0 Å². The summed E-state index contributed by atoms with van der Waals surface area (Å²) >= 11 is 3.31. The molecule has 0 radical (unpaired) electrons. The Hall–Kier alpha value is -1.03. The molecule has 1 aromatic carbocycles. The molecule has 0 saturated carbocycles. The first kappa shape index (κ1) is 11.0. The lowest BCUT2D eigenvalue weighted by molar-refractivity contribution is 0.101. The van der Waals surface area contributed by atoms with E-state index < -0.39 is 0 Å². The predicted molar refractivity (Wildman–Crippen MR) is 59.7 cm³/mol. The molecule has 4 heteroatoms. The van der Waals surface area contributed by atoms with Gasteiger partial charge >= 0.3 is 0 Å². The number of nitrogen functional groups attached to an aromatic ring is 1. The van der Waals surface area contributed by atoms with E-state index in [4.69, 9.17) is 10.5 Å². The van der Waals surface area contributed by atoms with E-state index in [1.165, 1.54) is 6.92 Å². The second kappa shape index (κ2) is 4.46. The summed E-state index contributed by atoms with van der Waals surface area (Å²) in [5.74, 6) is 0.581. The first-order valence-electron chi connectivity index (χ1n) is 4.29. The van der Waals surface area contributed by atoms with Crippen LogP contribution in [0.1, 0.15) is 24.2 Å². The highest BCUT2D eigenvalue weighted by molar-refractivity contribution is 9.10. The van der Waals surface area contributed by atoms with Crippen LogP contribution in [-0.4, -0.2) is 12.4 Å². The molecule has 1 rings (SSSR count). The molecule has 0 aliphatic heterocycles. The van der Waals surface area contributed by atoms with Crippen LogP contribution in [0, 0.1) is 0 Å². The maximum atomic E-state index is 11.1. The number of ether oxygens (including phenoxy) is 1. The van der Waals surface area contributed by atoms with Crippen LogP contribution in [0.4, 0.5) is 5.69 Å². The lowest BCUT2D eigenvalue weighted by Crippen LogP contribution is -2.01. The van der Waals surface area contributed by atoms with Crippen molar-refractivity contribution < 1.29 is 9.53 Å². The van der Waals surface area contributed by atoms with Crippen LogP contribution in [0.25, 0.3) is 0 Å². The molecule has 0 aromatic heterocycles. The highest BCUT2D eigenvalue weighted by Gasteiger charge is 2.09. The molecule has 0 spiro atoms. The fourth-order valence-corrected chi connectivity index (χ4v) is 1.70. The Labute approximate surface area is 91.4 Å². The van der Waals surface area contributed by atoms with E-state index in [0.29, 0.717) is 28.1 Å². The molecule has 0 amide bonds. The van der Waals surface area contributed by atoms with Crippen LogP contribution < -0.4 is 10.5 Å². The number of halogens is 1. The third-order valence-corrected chi connectivity index (χ3v) is 2.36. The maximum absolute atomic E-state index is 11.1. The fourth-order valence-electron chi connectivity index (χ4n) is 1.11. The van der Waals surface area contributed by atoms with Gasteiger partial charge in [-0.25, -0.2) is 0 Å². The number of ketones is 1. The van der Waals surface area contributed by atoms with E-state index in [1.54, 1.807) is 12.1 Å². The molecule has 0 fully saturated rings. The van der Waals surface area contributed by atoms with E-state index in [9.17, 15) is 4.79 Å². The number of benzene rings is 1. The second-order valence-electron chi connectivity index (χ2n) is 2.87. The van der Waals surface area contributed by atoms with Crippen molar-refractivity contribution in [2.24, 2.45) is 0 Å². The van der Waals surface area contributed by atoms with Gasteiger partial charge in [-0.15, -0.1) is 0 Å². The Balaban J connectivity index is 3.18. The highest BCUT2D eigenvalue weighted by atomic mass is 79.9. The van der Waals surface area contributed by atoms with Gasteiger partial charge in [0.25, 0.3) is 0 Å². The minimum absolute atomic E-state index is 0.0135. The number of hydrogen-bond donors (Lipinski definition) is 1. The molecule has 1 aromatic rings. The summed E-state index contributed by atoms with van der Waals surface area (Å²) in [6.45, 7) is 3.93. The van der Waals surface area contributed by atoms with Crippen molar-refractivity contribution in [3.63, 3.8) is 0 Å². The summed E-state index contributed by atoms with van der Waals surface area (Å²) in [4.78, 5) is 11.1. The normalized spacial score (nSPS) is 9.93. The molecule has 0 bridgehead atoms. The topological polar surface area (TPSA) is 52.3 Å². The highest BCUT2D eigenvalue weighted by Crippen LogP contribution is 2.32. The molecule has 2 N–H and O–H groups in total. The van der Waals surface area contributed by atoms with Crippen LogP contribution in [-0.2, 0) is 0 Å². The largest absolute Gasteiger partial charge is 0.491 e. The van der Waals surface area contributed by atoms with Crippen LogP contribution in [0.3, 0.4) is 0 Å². The third kappa shape index (κ3) is 2.26. The lowest BCUT2D eigenvalue weighted by Gasteiger charge is -2.10. The number of hydrogen-bond acceptors (Lipinski definition) is 3. The van der Waals surface area contributed by atoms with E-state index in [1.807, 2.05) is 6.92 Å². The second-order valence-corrected chi connectivity index (χ2v) is 3.72. The van der Waals surface area contributed by atoms with E-state index in [0.717, 1.165) is 0 Å². The molecule has 0 heterocycles. The summed E-state index contributed by atoms with van der Waals surface area (Å²) in [6, 6.07) is 3.34. The van der Waals surface area contributed by atoms with Crippen LogP contribution in [0.15, 0.2) is 16.6 Å². The molecule has 0 saturated heterocycles. The van der Waals surface area contributed by atoms with Gasteiger partial charge in [0.05, 0.1) is 16.8 Å². The summed E-state index contributed by atoms with van der Waals surface area (Å²) in [6.07, 6.45) is 0. The first-order valence-corrected chi connectivity index (χ1v) is 5.08. The molecule has 0 unspecified atom stereocenters. The lowest BCUT2D eigenvalue weighted by atomic mass is 10.1. The molecule has 0 atom stereocenters. The van der Waals surface area contributed by atoms with Crippen molar-refractivity contribution >= 4 is 27.4 Å². The summed E-state index contributed by atoms with van der Waals surface area (Å²) in [5.41, 5.74) is 6.80. The zero-order chi connectivity index (χ0) is 10.7. The van der Waals surface area contributed by atoms with Crippen LogP contribution in [0.2, 0.25) is 0 Å². The van der Waals surface area contributed by atoms with Gasteiger partial charge in [0.15, 0.2) is 11.5 Å². The van der Waals surface area contributed by atoms with Crippen molar-refractivity contribution in [3.05, 3.63) is 22.2 Å². The molecule has 14 heavy (non-hydrogen) atoms. The predicted octanol–water partition coefficient (Wildman–Crippen LogP) is 2.63. The van der Waals surface area contributed by atoms with E-state index in [2.05, 4.69) is 15.9 Å². The van der Waals surface area contributed by atoms with Crippen molar-refractivity contribution in [2.75, 3.05) is 12.3 Å². The molecular weight excluding hydrogens is 246 g/mol. The minimum Gasteiger partial charge on any atom is -0.491 e. The Bertz CT molecular complexity index is 340. The SMILES string of the molecule is CCOc1c(N)cc(C(C)=O)cc1Br. The molecule has 3 nitrogen and oxygen atoms in total. The molecule has 0 aliphatic carbocycles. The number of Topliss-reactive ketones (excluding diaryl/α,β-unsaturated/α-hetero) is 1. The third-order valence-electron chi connectivity index (χ3n) is 1.77. The van der Waals surface area contributed by atoms with Gasteiger partial charge in [-0.05, 0) is 41.9 Å². The number of carbonyl (C=O) groups excluding carboxylic acids is 1. The quantitative estimate of drug-likeness (QED) is 0.669. The van der Waals surface area contributed by atoms with Crippen molar-refractivity contribution in [3.8, 4) is 5.75 Å². The number of anilines is 1. The van der Waals surface area contributed by atoms with Gasteiger partial charge in [0.1, 0.15) is 0 Å². The van der Waals surface area contributed by atoms with Gasteiger partial charge in [0, 0.05) is 5.56 Å². The Morgan fingerprint density at radius 3 is 2.64 bits per heavy atom. The number of rotatable bonds is 3. The molecule has 76 valence electrons. The van der Waals surface area contributed by atoms with Crippen molar-refractivity contribution in [1.82, 2.24) is 0 Å². The summed E-state index contributed by atoms with van der Waals surface area (Å²) in [7, 11) is 0. The standard InChI is InChI=1S/C10H12BrNO2/c1-3-14-10-8(11)4-7(6(2)13)5-9(10)12/h4-5H,3,12H2,1-2H3. The summed E-state index contributed by atoms with van der Waals surface area (Å²) < 4.78 is 6.03. The monoisotopic (exact) mass is 257 g/mol. The smallest absolute Gasteiger partial charge is 0.159 e. The van der Waals surface area contributed by atoms with Crippen molar-refractivity contribution in [2.45, 2.75) is 13.8 Å². The number of nitrogens with two attached hydrogens (primary N) is 1. The first-order chi connectivity index (χ1) is 6.56. The average Bonchev–Trinajstić information content (AvgIpc) is 2.10. The van der Waals surface area contributed by atoms with Gasteiger partial charge in [-0.2, -0.15) is 0 Å². The Morgan fingerprint density at radius 2 is 2.21 bits per heavy atom. The zero-order valence-electron chi connectivity index (χ0n) is 8.13. The van der Waals surface area contributed by atoms with E-state index in [-0.39, 0.29) is 5.78 Å². The number of carbonyl (C=O) groups is 1. The van der Waals surface area contributed by atoms with Crippen LogP contribution in [0.5, 0.6) is 5.75 Å². The maximum Gasteiger partial charge on any atom is 0.159 e. The van der Waals surface area contributed by atoms with E-state index >= 15 is 0 Å². The Morgan fingerprint density at radius 1 is 1.57 bits per heavy atom. The molecular formula is C10H12BrNO2.